The van der Waals surface area contributed by atoms with Crippen LogP contribution in [0, 0.1) is 13.8 Å². The lowest BCUT2D eigenvalue weighted by Crippen LogP contribution is -2.28. The first-order valence-electron chi connectivity index (χ1n) is 9.63. The number of ether oxygens (including phenoxy) is 1. The highest BCUT2D eigenvalue weighted by molar-refractivity contribution is 5.94. The molecule has 5 nitrogen and oxygen atoms in total. The third-order valence-electron chi connectivity index (χ3n) is 5.33. The number of aromatic amines is 1. The maximum atomic E-state index is 12.6. The zero-order valence-electron chi connectivity index (χ0n) is 16.4. The van der Waals surface area contributed by atoms with E-state index in [1.807, 2.05) is 39.1 Å². The fourth-order valence-electron chi connectivity index (χ4n) is 3.48. The molecule has 1 aromatic heterocycles. The number of hydrogen-bond acceptors (Lipinski definition) is 3. The summed E-state index contributed by atoms with van der Waals surface area (Å²) in [6, 6.07) is 9.16. The Labute approximate surface area is 160 Å². The van der Waals surface area contributed by atoms with Crippen LogP contribution in [0.2, 0.25) is 0 Å². The van der Waals surface area contributed by atoms with Crippen LogP contribution in [0.25, 0.3) is 11.1 Å². The summed E-state index contributed by atoms with van der Waals surface area (Å²) < 4.78 is 5.63. The largest absolute Gasteiger partial charge is 0.378 e. The SMILES string of the molecule is Cc1cc(-c2ccc(C(=O)N(C)CCCC3CCCO3)cc2)c(=O)[nH]c1C. The summed E-state index contributed by atoms with van der Waals surface area (Å²) in [5, 5.41) is 0. The third-order valence-corrected chi connectivity index (χ3v) is 5.33. The molecule has 1 atom stereocenters. The molecule has 1 amide bonds. The van der Waals surface area contributed by atoms with E-state index in [2.05, 4.69) is 4.98 Å². The standard InChI is InChI=1S/C22H28N2O3/c1-15-14-20(21(25)23-16(15)2)17-8-10-18(11-9-17)22(26)24(3)12-4-6-19-7-5-13-27-19/h8-11,14,19H,4-7,12-13H2,1-3H3,(H,23,25). The zero-order valence-corrected chi connectivity index (χ0v) is 16.4. The van der Waals surface area contributed by atoms with E-state index in [1.54, 1.807) is 17.0 Å². The summed E-state index contributed by atoms with van der Waals surface area (Å²) in [7, 11) is 1.83. The van der Waals surface area contributed by atoms with Gasteiger partial charge in [0.2, 0.25) is 0 Å². The number of rotatable bonds is 6. The molecule has 5 heteroatoms. The number of pyridine rings is 1. The van der Waals surface area contributed by atoms with Gasteiger partial charge in [-0.2, -0.15) is 0 Å². The van der Waals surface area contributed by atoms with Crippen LogP contribution in [0.5, 0.6) is 0 Å². The molecule has 1 aromatic carbocycles. The highest BCUT2D eigenvalue weighted by Crippen LogP contribution is 2.19. The van der Waals surface area contributed by atoms with Crippen LogP contribution in [0.1, 0.15) is 47.3 Å². The number of benzene rings is 1. The van der Waals surface area contributed by atoms with Crippen LogP contribution in [0.3, 0.4) is 0 Å². The maximum Gasteiger partial charge on any atom is 0.256 e. The van der Waals surface area contributed by atoms with E-state index in [9.17, 15) is 9.59 Å². The average Bonchev–Trinajstić information content (AvgIpc) is 3.17. The number of carbonyl (C=O) groups excluding carboxylic acids is 1. The lowest BCUT2D eigenvalue weighted by molar-refractivity contribution is 0.0763. The number of nitrogens with one attached hydrogen (secondary N) is 1. The highest BCUT2D eigenvalue weighted by atomic mass is 16.5. The van der Waals surface area contributed by atoms with E-state index in [0.29, 0.717) is 17.2 Å². The number of nitrogens with zero attached hydrogens (tertiary/aromatic N) is 1. The van der Waals surface area contributed by atoms with Gasteiger partial charge in [0.15, 0.2) is 0 Å². The first-order chi connectivity index (χ1) is 13.0. The summed E-state index contributed by atoms with van der Waals surface area (Å²) in [4.78, 5) is 29.4. The molecule has 144 valence electrons. The summed E-state index contributed by atoms with van der Waals surface area (Å²) in [5.74, 6) is 0.00267. The number of aromatic nitrogens is 1. The van der Waals surface area contributed by atoms with E-state index in [4.69, 9.17) is 4.74 Å². The van der Waals surface area contributed by atoms with Crippen LogP contribution >= 0.6 is 0 Å². The lowest BCUT2D eigenvalue weighted by Gasteiger charge is -2.18. The minimum absolute atomic E-state index is 0.00267. The molecule has 0 saturated carbocycles. The van der Waals surface area contributed by atoms with Gasteiger partial charge in [0, 0.05) is 37.0 Å². The molecule has 1 fully saturated rings. The molecule has 2 heterocycles. The number of carbonyl (C=O) groups is 1. The molecule has 1 aliphatic rings. The van der Waals surface area contributed by atoms with Crippen LogP contribution in [0.4, 0.5) is 0 Å². The monoisotopic (exact) mass is 368 g/mol. The molecule has 1 N–H and O–H groups in total. The van der Waals surface area contributed by atoms with E-state index >= 15 is 0 Å². The molecule has 1 unspecified atom stereocenters. The first-order valence-corrected chi connectivity index (χ1v) is 9.63. The minimum Gasteiger partial charge on any atom is -0.378 e. The Bertz CT molecular complexity index is 849. The van der Waals surface area contributed by atoms with Crippen molar-refractivity contribution in [1.29, 1.82) is 0 Å². The molecule has 1 saturated heterocycles. The van der Waals surface area contributed by atoms with Gasteiger partial charge >= 0.3 is 0 Å². The summed E-state index contributed by atoms with van der Waals surface area (Å²) in [6.45, 7) is 5.45. The van der Waals surface area contributed by atoms with E-state index in [-0.39, 0.29) is 11.5 Å². The molecule has 2 aromatic rings. The molecular formula is C22H28N2O3. The van der Waals surface area contributed by atoms with Gasteiger partial charge in [-0.15, -0.1) is 0 Å². The Morgan fingerprint density at radius 1 is 1.26 bits per heavy atom. The van der Waals surface area contributed by atoms with Crippen LogP contribution in [-0.4, -0.2) is 42.1 Å². The van der Waals surface area contributed by atoms with Gasteiger partial charge in [0.1, 0.15) is 0 Å². The van der Waals surface area contributed by atoms with Crippen molar-refractivity contribution in [3.63, 3.8) is 0 Å². The van der Waals surface area contributed by atoms with E-state index in [1.165, 1.54) is 0 Å². The Morgan fingerprint density at radius 2 is 2.00 bits per heavy atom. The van der Waals surface area contributed by atoms with Gasteiger partial charge in [-0.05, 0) is 68.9 Å². The Hall–Kier alpha value is -2.40. The quantitative estimate of drug-likeness (QED) is 0.846. The summed E-state index contributed by atoms with van der Waals surface area (Å²) in [6.07, 6.45) is 4.60. The van der Waals surface area contributed by atoms with Crippen molar-refractivity contribution in [2.75, 3.05) is 20.2 Å². The van der Waals surface area contributed by atoms with Crippen molar-refractivity contribution in [3.8, 4) is 11.1 Å². The molecule has 3 rings (SSSR count). The number of H-pyrrole nitrogens is 1. The maximum absolute atomic E-state index is 12.6. The third kappa shape index (κ3) is 4.66. The van der Waals surface area contributed by atoms with Crippen molar-refractivity contribution < 1.29 is 9.53 Å². The molecule has 0 spiro atoms. The van der Waals surface area contributed by atoms with Crippen LogP contribution in [0.15, 0.2) is 35.1 Å². The van der Waals surface area contributed by atoms with Gasteiger partial charge in [-0.3, -0.25) is 9.59 Å². The van der Waals surface area contributed by atoms with Crippen molar-refractivity contribution in [3.05, 3.63) is 57.5 Å². The number of hydrogen-bond donors (Lipinski definition) is 1. The predicted octanol–water partition coefficient (Wildman–Crippen LogP) is 3.69. The normalized spacial score (nSPS) is 16.5. The second-order valence-electron chi connectivity index (χ2n) is 7.40. The second kappa shape index (κ2) is 8.53. The van der Waals surface area contributed by atoms with Crippen molar-refractivity contribution in [1.82, 2.24) is 9.88 Å². The lowest BCUT2D eigenvalue weighted by atomic mass is 10.0. The van der Waals surface area contributed by atoms with Gasteiger partial charge in [0.05, 0.1) is 6.10 Å². The second-order valence-corrected chi connectivity index (χ2v) is 7.40. The molecule has 0 radical (unpaired) electrons. The van der Waals surface area contributed by atoms with E-state index in [0.717, 1.165) is 55.7 Å². The van der Waals surface area contributed by atoms with Gasteiger partial charge < -0.3 is 14.6 Å². The van der Waals surface area contributed by atoms with E-state index < -0.39 is 0 Å². The van der Waals surface area contributed by atoms with Gasteiger partial charge in [0.25, 0.3) is 11.5 Å². The Balaban J connectivity index is 1.63. The summed E-state index contributed by atoms with van der Waals surface area (Å²) >= 11 is 0. The molecule has 0 aliphatic carbocycles. The average molecular weight is 368 g/mol. The smallest absolute Gasteiger partial charge is 0.256 e. The van der Waals surface area contributed by atoms with Crippen molar-refractivity contribution >= 4 is 5.91 Å². The fraction of sp³-hybridized carbons (Fsp3) is 0.455. The van der Waals surface area contributed by atoms with Crippen LogP contribution in [-0.2, 0) is 4.74 Å². The molecular weight excluding hydrogens is 340 g/mol. The zero-order chi connectivity index (χ0) is 19.4. The Morgan fingerprint density at radius 3 is 2.67 bits per heavy atom. The van der Waals surface area contributed by atoms with Crippen molar-refractivity contribution in [2.24, 2.45) is 0 Å². The van der Waals surface area contributed by atoms with Crippen molar-refractivity contribution in [2.45, 2.75) is 45.6 Å². The molecule has 27 heavy (non-hydrogen) atoms. The Kier molecular flexibility index (Phi) is 6.11. The fourth-order valence-corrected chi connectivity index (χ4v) is 3.48. The van der Waals surface area contributed by atoms with Crippen LogP contribution < -0.4 is 5.56 Å². The predicted molar refractivity (Wildman–Crippen MR) is 107 cm³/mol. The first kappa shape index (κ1) is 19.4. The number of amides is 1. The topological polar surface area (TPSA) is 62.4 Å². The molecule has 0 bridgehead atoms. The minimum atomic E-state index is -0.108. The highest BCUT2D eigenvalue weighted by Gasteiger charge is 2.17. The summed E-state index contributed by atoms with van der Waals surface area (Å²) in [5.41, 5.74) is 3.89. The van der Waals surface area contributed by atoms with Gasteiger partial charge in [-0.1, -0.05) is 12.1 Å². The number of aryl methyl sites for hydroxylation is 2. The molecule has 1 aliphatic heterocycles. The van der Waals surface area contributed by atoms with Gasteiger partial charge in [-0.25, -0.2) is 0 Å².